The van der Waals surface area contributed by atoms with Gasteiger partial charge in [-0.15, -0.1) is 24.0 Å². The zero-order valence-corrected chi connectivity index (χ0v) is 21.7. The first-order valence-electron chi connectivity index (χ1n) is 11.6. The molecule has 3 atom stereocenters. The predicted molar refractivity (Wildman–Crippen MR) is 139 cm³/mol. The summed E-state index contributed by atoms with van der Waals surface area (Å²) in [6, 6.07) is 11.0. The number of piperidine rings is 1. The van der Waals surface area contributed by atoms with Crippen LogP contribution in [0.3, 0.4) is 0 Å². The molecule has 0 aromatic heterocycles. The maximum absolute atomic E-state index is 4.59. The number of nitrogens with zero attached hydrogens (tertiary/aromatic N) is 4. The molecule has 0 radical (unpaired) electrons. The van der Waals surface area contributed by atoms with Crippen molar-refractivity contribution in [3.05, 3.63) is 35.9 Å². The molecule has 170 valence electrons. The second-order valence-corrected chi connectivity index (χ2v) is 9.00. The zero-order chi connectivity index (χ0) is 20.6. The lowest BCUT2D eigenvalue weighted by atomic mass is 9.82. The van der Waals surface area contributed by atoms with E-state index in [1.54, 1.807) is 0 Å². The molecule has 30 heavy (non-hydrogen) atoms. The number of nitrogens with one attached hydrogen (secondary N) is 1. The van der Waals surface area contributed by atoms with Gasteiger partial charge in [0.05, 0.1) is 0 Å². The Morgan fingerprint density at radius 1 is 1.10 bits per heavy atom. The van der Waals surface area contributed by atoms with Crippen LogP contribution in [0.5, 0.6) is 0 Å². The summed E-state index contributed by atoms with van der Waals surface area (Å²) in [5.74, 6) is 2.99. The van der Waals surface area contributed by atoms with E-state index in [0.29, 0.717) is 17.8 Å². The van der Waals surface area contributed by atoms with Crippen molar-refractivity contribution in [3.63, 3.8) is 0 Å². The Hall–Kier alpha value is -0.860. The van der Waals surface area contributed by atoms with Crippen molar-refractivity contribution in [3.8, 4) is 0 Å². The van der Waals surface area contributed by atoms with Crippen LogP contribution in [0.15, 0.2) is 35.3 Å². The number of guanidine groups is 1. The average Bonchev–Trinajstić information content (AvgIpc) is 2.75. The molecule has 3 rings (SSSR count). The summed E-state index contributed by atoms with van der Waals surface area (Å²) >= 11 is 0. The topological polar surface area (TPSA) is 34.1 Å². The lowest BCUT2D eigenvalue weighted by Crippen LogP contribution is -2.50. The fourth-order valence-electron chi connectivity index (χ4n) is 4.92. The smallest absolute Gasteiger partial charge is 0.193 e. The number of likely N-dealkylation sites (tertiary alicyclic amines) is 1. The Kier molecular flexibility index (Phi) is 10.9. The van der Waals surface area contributed by atoms with Crippen molar-refractivity contribution in [1.82, 2.24) is 20.0 Å². The van der Waals surface area contributed by atoms with Gasteiger partial charge in [-0.05, 0) is 36.3 Å². The first-order chi connectivity index (χ1) is 14.1. The summed E-state index contributed by atoms with van der Waals surface area (Å²) in [5, 5.41) is 3.66. The maximum Gasteiger partial charge on any atom is 0.193 e. The Bertz CT molecular complexity index is 630. The van der Waals surface area contributed by atoms with Crippen molar-refractivity contribution in [2.45, 2.75) is 33.1 Å². The number of hydrogen-bond acceptors (Lipinski definition) is 3. The van der Waals surface area contributed by atoms with Crippen molar-refractivity contribution < 1.29 is 0 Å². The summed E-state index contributed by atoms with van der Waals surface area (Å²) in [6.45, 7) is 17.4. The van der Waals surface area contributed by atoms with Gasteiger partial charge in [0, 0.05) is 59.4 Å². The monoisotopic (exact) mass is 527 g/mol. The van der Waals surface area contributed by atoms with Gasteiger partial charge in [-0.25, -0.2) is 0 Å². The number of halogens is 1. The van der Waals surface area contributed by atoms with E-state index in [1.165, 1.54) is 51.3 Å². The highest BCUT2D eigenvalue weighted by Crippen LogP contribution is 2.32. The second-order valence-electron chi connectivity index (χ2n) is 9.00. The van der Waals surface area contributed by atoms with Gasteiger partial charge in [-0.3, -0.25) is 4.99 Å². The van der Waals surface area contributed by atoms with E-state index in [-0.39, 0.29) is 24.0 Å². The predicted octanol–water partition coefficient (Wildman–Crippen LogP) is 3.58. The van der Waals surface area contributed by atoms with Crippen LogP contribution in [0.25, 0.3) is 0 Å². The van der Waals surface area contributed by atoms with Gasteiger partial charge in [0.2, 0.25) is 0 Å². The van der Waals surface area contributed by atoms with E-state index in [1.807, 2.05) is 7.05 Å². The van der Waals surface area contributed by atoms with Crippen molar-refractivity contribution in [2.75, 3.05) is 66.0 Å². The molecular weight excluding hydrogens is 485 g/mol. The third-order valence-corrected chi connectivity index (χ3v) is 6.73. The zero-order valence-electron chi connectivity index (χ0n) is 19.4. The molecule has 2 aliphatic rings. The fraction of sp³-hybridized carbons (Fsp3) is 0.708. The number of piperazine rings is 1. The second kappa shape index (κ2) is 12.9. The lowest BCUT2D eigenvalue weighted by Gasteiger charge is -2.39. The van der Waals surface area contributed by atoms with Gasteiger partial charge >= 0.3 is 0 Å². The highest BCUT2D eigenvalue weighted by molar-refractivity contribution is 14.0. The van der Waals surface area contributed by atoms with E-state index < -0.39 is 0 Å². The van der Waals surface area contributed by atoms with Crippen LogP contribution in [0.4, 0.5) is 0 Å². The number of rotatable bonds is 6. The fourth-order valence-corrected chi connectivity index (χ4v) is 4.92. The number of benzene rings is 1. The van der Waals surface area contributed by atoms with E-state index in [9.17, 15) is 0 Å². The Morgan fingerprint density at radius 3 is 2.37 bits per heavy atom. The van der Waals surface area contributed by atoms with Gasteiger partial charge in [0.25, 0.3) is 0 Å². The van der Waals surface area contributed by atoms with E-state index >= 15 is 0 Å². The van der Waals surface area contributed by atoms with Crippen molar-refractivity contribution in [2.24, 2.45) is 16.8 Å². The molecule has 0 aliphatic carbocycles. The van der Waals surface area contributed by atoms with Gasteiger partial charge in [0.1, 0.15) is 0 Å². The molecule has 1 aromatic rings. The van der Waals surface area contributed by atoms with Crippen LogP contribution in [-0.4, -0.2) is 86.6 Å². The molecule has 2 aliphatic heterocycles. The van der Waals surface area contributed by atoms with Crippen LogP contribution in [0.1, 0.15) is 38.7 Å². The molecule has 0 saturated carbocycles. The summed E-state index contributed by atoms with van der Waals surface area (Å²) in [7, 11) is 1.92. The average molecular weight is 528 g/mol. The summed E-state index contributed by atoms with van der Waals surface area (Å²) < 4.78 is 0. The van der Waals surface area contributed by atoms with Crippen LogP contribution < -0.4 is 5.32 Å². The molecule has 1 N–H and O–H groups in total. The molecule has 3 unspecified atom stereocenters. The molecule has 6 heteroatoms. The Labute approximate surface area is 201 Å². The Morgan fingerprint density at radius 2 is 1.77 bits per heavy atom. The minimum absolute atomic E-state index is 0. The number of hydrogen-bond donors (Lipinski definition) is 1. The van der Waals surface area contributed by atoms with E-state index in [2.05, 4.69) is 76.1 Å². The standard InChI is InChI=1S/C24H41N5.HI/c1-5-27-13-15-28(16-14-27)18-20(2)17-26-24(25-4)29-12-11-23(21(3)19-29)22-9-7-6-8-10-22;/h6-10,20-21,23H,5,11-19H2,1-4H3,(H,25,26);1H. The lowest BCUT2D eigenvalue weighted by molar-refractivity contribution is 0.124. The van der Waals surface area contributed by atoms with Crippen molar-refractivity contribution >= 4 is 29.9 Å². The molecule has 1 aromatic carbocycles. The normalized spacial score (nSPS) is 24.9. The van der Waals surface area contributed by atoms with Gasteiger partial charge < -0.3 is 20.0 Å². The first-order valence-corrected chi connectivity index (χ1v) is 11.6. The maximum atomic E-state index is 4.59. The summed E-state index contributed by atoms with van der Waals surface area (Å²) in [6.07, 6.45) is 1.20. The molecule has 0 spiro atoms. The molecule has 2 heterocycles. The Balaban J connectivity index is 0.00000320. The number of likely N-dealkylation sites (N-methyl/N-ethyl adjacent to an activating group) is 1. The van der Waals surface area contributed by atoms with Crippen LogP contribution >= 0.6 is 24.0 Å². The molecule has 0 bridgehead atoms. The molecule has 0 amide bonds. The number of aliphatic imine (C=N–C) groups is 1. The summed E-state index contributed by atoms with van der Waals surface area (Å²) in [4.78, 5) is 12.2. The van der Waals surface area contributed by atoms with E-state index in [4.69, 9.17) is 0 Å². The molecular formula is C24H42IN5. The first kappa shape index (κ1) is 25.4. The van der Waals surface area contributed by atoms with Crippen LogP contribution in [0.2, 0.25) is 0 Å². The quantitative estimate of drug-likeness (QED) is 0.349. The SMILES string of the molecule is CCN1CCN(CC(C)CNC(=NC)N2CCC(c3ccccc3)C(C)C2)CC1.I. The third-order valence-electron chi connectivity index (χ3n) is 6.73. The highest BCUT2D eigenvalue weighted by Gasteiger charge is 2.28. The van der Waals surface area contributed by atoms with Gasteiger partial charge in [-0.1, -0.05) is 51.1 Å². The summed E-state index contributed by atoms with van der Waals surface area (Å²) in [5.41, 5.74) is 1.49. The minimum Gasteiger partial charge on any atom is -0.356 e. The van der Waals surface area contributed by atoms with Crippen molar-refractivity contribution in [1.29, 1.82) is 0 Å². The molecule has 5 nitrogen and oxygen atoms in total. The highest BCUT2D eigenvalue weighted by atomic mass is 127. The van der Waals surface area contributed by atoms with Crippen LogP contribution in [-0.2, 0) is 0 Å². The largest absolute Gasteiger partial charge is 0.356 e. The molecule has 2 fully saturated rings. The van der Waals surface area contributed by atoms with Crippen LogP contribution in [0, 0.1) is 11.8 Å². The molecule has 2 saturated heterocycles. The minimum atomic E-state index is 0. The third kappa shape index (κ3) is 7.09. The van der Waals surface area contributed by atoms with E-state index in [0.717, 1.165) is 25.6 Å². The van der Waals surface area contributed by atoms with Gasteiger partial charge in [-0.2, -0.15) is 0 Å². The van der Waals surface area contributed by atoms with Gasteiger partial charge in [0.15, 0.2) is 5.96 Å².